The Morgan fingerprint density at radius 3 is 2.32 bits per heavy atom. The van der Waals surface area contributed by atoms with Crippen molar-refractivity contribution in [3.05, 3.63) is 75.8 Å². The van der Waals surface area contributed by atoms with E-state index in [4.69, 9.17) is 4.74 Å². The Kier molecular flexibility index (Phi) is 8.47. The van der Waals surface area contributed by atoms with Gasteiger partial charge >= 0.3 is 0 Å². The first-order chi connectivity index (χ1) is 16.2. The summed E-state index contributed by atoms with van der Waals surface area (Å²) >= 11 is 0. The number of nitrogens with one attached hydrogen (secondary N) is 1. The summed E-state index contributed by atoms with van der Waals surface area (Å²) in [5.41, 5.74) is 0.728. The number of non-ortho nitro benzene ring substituents is 1. The van der Waals surface area contributed by atoms with E-state index in [0.717, 1.165) is 0 Å². The van der Waals surface area contributed by atoms with E-state index in [9.17, 15) is 33.5 Å². The maximum atomic E-state index is 12.7. The van der Waals surface area contributed by atoms with E-state index < -0.39 is 39.6 Å². The molecule has 0 saturated carbocycles. The number of sulfonamides is 1. The van der Waals surface area contributed by atoms with Gasteiger partial charge in [-0.25, -0.2) is 8.42 Å². The van der Waals surface area contributed by atoms with Gasteiger partial charge in [0.2, 0.25) is 15.9 Å². The Morgan fingerprint density at radius 1 is 1.15 bits per heavy atom. The molecule has 34 heavy (non-hydrogen) atoms. The highest BCUT2D eigenvalue weighted by Gasteiger charge is 2.26. The topological polar surface area (TPSA) is 159 Å². The van der Waals surface area contributed by atoms with Crippen LogP contribution in [0.3, 0.4) is 0 Å². The van der Waals surface area contributed by atoms with Gasteiger partial charge in [0.15, 0.2) is 0 Å². The third kappa shape index (κ3) is 6.24. The molecular weight excluding hydrogens is 466 g/mol. The number of hydrogen-bond donors (Lipinski definition) is 3. The van der Waals surface area contributed by atoms with E-state index in [1.165, 1.54) is 52.9 Å². The second kappa shape index (κ2) is 11.3. The van der Waals surface area contributed by atoms with Crippen LogP contribution in [-0.4, -0.2) is 72.7 Å². The van der Waals surface area contributed by atoms with E-state index in [1.54, 1.807) is 12.1 Å². The number of aliphatic hydroxyl groups excluding tert-OH is 2. The molecule has 1 aliphatic heterocycles. The molecule has 1 saturated heterocycles. The minimum atomic E-state index is -3.62. The molecular formula is C22H25N3O8S. The molecule has 12 heteroatoms. The molecule has 1 heterocycles. The molecule has 2 atom stereocenters. The Morgan fingerprint density at radius 2 is 1.76 bits per heavy atom. The number of ether oxygens (including phenoxy) is 1. The first-order valence-electron chi connectivity index (χ1n) is 10.4. The summed E-state index contributed by atoms with van der Waals surface area (Å²) in [6.07, 6.45) is 1.37. The first-order valence-corrected chi connectivity index (χ1v) is 11.9. The van der Waals surface area contributed by atoms with Crippen LogP contribution in [0.5, 0.6) is 0 Å². The fraction of sp³-hybridized carbons (Fsp3) is 0.318. The van der Waals surface area contributed by atoms with Crippen molar-refractivity contribution in [2.45, 2.75) is 17.0 Å². The number of nitro benzene ring substituents is 1. The predicted octanol–water partition coefficient (Wildman–Crippen LogP) is 0.840. The van der Waals surface area contributed by atoms with Crippen LogP contribution in [0.15, 0.2) is 59.5 Å². The van der Waals surface area contributed by atoms with Crippen LogP contribution >= 0.6 is 0 Å². The average molecular weight is 492 g/mol. The van der Waals surface area contributed by atoms with Crippen LogP contribution < -0.4 is 5.32 Å². The molecule has 3 rings (SSSR count). The first kappa shape index (κ1) is 25.5. The van der Waals surface area contributed by atoms with Crippen molar-refractivity contribution >= 4 is 27.7 Å². The minimum absolute atomic E-state index is 0.141. The lowest BCUT2D eigenvalue weighted by molar-refractivity contribution is -0.384. The van der Waals surface area contributed by atoms with Gasteiger partial charge in [-0.3, -0.25) is 14.9 Å². The molecule has 1 fully saturated rings. The van der Waals surface area contributed by atoms with Crippen LogP contribution in [0, 0.1) is 10.1 Å². The Balaban J connectivity index is 1.61. The van der Waals surface area contributed by atoms with Gasteiger partial charge in [0.1, 0.15) is 6.10 Å². The van der Waals surface area contributed by atoms with Gasteiger partial charge in [0.05, 0.1) is 35.7 Å². The summed E-state index contributed by atoms with van der Waals surface area (Å²) in [6, 6.07) is 10.1. The van der Waals surface area contributed by atoms with Crippen molar-refractivity contribution in [3.8, 4) is 0 Å². The van der Waals surface area contributed by atoms with E-state index in [1.807, 2.05) is 0 Å². The maximum absolute atomic E-state index is 12.7. The minimum Gasteiger partial charge on any atom is -0.394 e. The number of morpholine rings is 1. The molecule has 11 nitrogen and oxygen atoms in total. The average Bonchev–Trinajstić information content (AvgIpc) is 2.86. The van der Waals surface area contributed by atoms with Crippen LogP contribution in [0.4, 0.5) is 5.69 Å². The Labute approximate surface area is 196 Å². The molecule has 3 N–H and O–H groups in total. The number of nitro groups is 1. The zero-order valence-corrected chi connectivity index (χ0v) is 18.9. The molecule has 182 valence electrons. The number of carbonyl (C=O) groups is 1. The second-order valence-electron chi connectivity index (χ2n) is 7.51. The van der Waals surface area contributed by atoms with E-state index in [-0.39, 0.29) is 10.6 Å². The monoisotopic (exact) mass is 491 g/mol. The molecule has 0 bridgehead atoms. The van der Waals surface area contributed by atoms with Crippen molar-refractivity contribution in [2.75, 3.05) is 32.9 Å². The highest BCUT2D eigenvalue weighted by Crippen LogP contribution is 2.21. The van der Waals surface area contributed by atoms with E-state index >= 15 is 0 Å². The molecule has 2 aromatic carbocycles. The molecule has 0 aromatic heterocycles. The van der Waals surface area contributed by atoms with Gasteiger partial charge in [0, 0.05) is 31.3 Å². The molecule has 1 aliphatic rings. The van der Waals surface area contributed by atoms with Crippen molar-refractivity contribution in [3.63, 3.8) is 0 Å². The van der Waals surface area contributed by atoms with Gasteiger partial charge < -0.3 is 20.3 Å². The van der Waals surface area contributed by atoms with E-state index in [0.29, 0.717) is 37.4 Å². The predicted molar refractivity (Wildman–Crippen MR) is 122 cm³/mol. The van der Waals surface area contributed by atoms with Crippen LogP contribution in [-0.2, 0) is 19.6 Å². The van der Waals surface area contributed by atoms with Crippen molar-refractivity contribution in [1.82, 2.24) is 9.62 Å². The number of rotatable bonds is 9. The van der Waals surface area contributed by atoms with Gasteiger partial charge in [-0.2, -0.15) is 4.31 Å². The maximum Gasteiger partial charge on any atom is 0.269 e. The number of nitrogens with zero attached hydrogens (tertiary/aromatic N) is 2. The fourth-order valence-electron chi connectivity index (χ4n) is 3.34. The number of benzene rings is 2. The number of carbonyl (C=O) groups excluding carboxylic acids is 1. The molecule has 0 radical (unpaired) electrons. The lowest BCUT2D eigenvalue weighted by Crippen LogP contribution is -2.41. The van der Waals surface area contributed by atoms with Crippen molar-refractivity contribution < 1.29 is 33.1 Å². The zero-order valence-electron chi connectivity index (χ0n) is 18.1. The van der Waals surface area contributed by atoms with Crippen molar-refractivity contribution in [2.24, 2.45) is 0 Å². The molecule has 1 amide bonds. The second-order valence-corrected chi connectivity index (χ2v) is 9.45. The Hall–Kier alpha value is -3.16. The third-order valence-electron chi connectivity index (χ3n) is 5.27. The van der Waals surface area contributed by atoms with Crippen LogP contribution in [0.1, 0.15) is 17.2 Å². The van der Waals surface area contributed by atoms with Gasteiger partial charge in [0.25, 0.3) is 5.69 Å². The fourth-order valence-corrected chi connectivity index (χ4v) is 4.75. The molecule has 0 unspecified atom stereocenters. The summed E-state index contributed by atoms with van der Waals surface area (Å²) < 4.78 is 31.9. The quantitative estimate of drug-likeness (QED) is 0.264. The molecule has 2 aromatic rings. The Bertz CT molecular complexity index is 1130. The lowest BCUT2D eigenvalue weighted by Gasteiger charge is -2.26. The largest absolute Gasteiger partial charge is 0.394 e. The smallest absolute Gasteiger partial charge is 0.269 e. The normalized spacial score (nSPS) is 16.8. The summed E-state index contributed by atoms with van der Waals surface area (Å²) in [4.78, 5) is 22.6. The number of amides is 1. The highest BCUT2D eigenvalue weighted by atomic mass is 32.2. The SMILES string of the molecule is O=C(/C=C/c1ccc(S(=O)(=O)N2CCOCC2)cc1)N[C@H](CO)[C@@H](O)c1ccc([N+](=O)[O-])cc1. The third-order valence-corrected chi connectivity index (χ3v) is 7.18. The molecule has 0 spiro atoms. The van der Waals surface area contributed by atoms with Gasteiger partial charge in [-0.15, -0.1) is 0 Å². The summed E-state index contributed by atoms with van der Waals surface area (Å²) in [5.74, 6) is -0.593. The van der Waals surface area contributed by atoms with Crippen LogP contribution in [0.25, 0.3) is 6.08 Å². The number of hydrogen-bond acceptors (Lipinski definition) is 8. The summed E-state index contributed by atoms with van der Waals surface area (Å²) in [6.45, 7) is 0.724. The number of aliphatic hydroxyl groups is 2. The highest BCUT2D eigenvalue weighted by molar-refractivity contribution is 7.89. The van der Waals surface area contributed by atoms with Crippen molar-refractivity contribution in [1.29, 1.82) is 0 Å². The van der Waals surface area contributed by atoms with E-state index in [2.05, 4.69) is 5.32 Å². The standard InChI is InChI=1S/C22H25N3O8S/c26-15-20(22(28)17-4-6-18(7-5-17)25(29)30)23-21(27)10-3-16-1-8-19(9-2-16)34(31,32)24-11-13-33-14-12-24/h1-10,20,22,26,28H,11-15H2,(H,23,27)/b10-3+/t20-,22+/m1/s1. The van der Waals surface area contributed by atoms with Crippen LogP contribution in [0.2, 0.25) is 0 Å². The van der Waals surface area contributed by atoms with Gasteiger partial charge in [-0.1, -0.05) is 12.1 Å². The lowest BCUT2D eigenvalue weighted by atomic mass is 10.0. The summed E-state index contributed by atoms with van der Waals surface area (Å²) in [7, 11) is -3.62. The molecule has 0 aliphatic carbocycles. The zero-order chi connectivity index (χ0) is 24.7. The van der Waals surface area contributed by atoms with Gasteiger partial charge in [-0.05, 0) is 41.5 Å². The summed E-state index contributed by atoms with van der Waals surface area (Å²) in [5, 5.41) is 33.2.